The number of carbonyl (C=O) groups is 1. The smallest absolute Gasteiger partial charge is 0.362 e. The van der Waals surface area contributed by atoms with Gasteiger partial charge in [0.25, 0.3) is 0 Å². The van der Waals surface area contributed by atoms with Gasteiger partial charge in [0, 0.05) is 5.56 Å². The lowest BCUT2D eigenvalue weighted by Gasteiger charge is -1.99. The van der Waals surface area contributed by atoms with E-state index < -0.39 is 5.97 Å². The molecule has 2 rings (SSSR count). The van der Waals surface area contributed by atoms with Crippen molar-refractivity contribution in [1.82, 2.24) is 4.98 Å². The summed E-state index contributed by atoms with van der Waals surface area (Å²) >= 11 is 0. The molecular weight excluding hydrogens is 296 g/mol. The first-order valence-corrected chi connectivity index (χ1v) is 5.27. The molecule has 4 nitrogen and oxygen atoms in total. The molecule has 18 heavy (non-hydrogen) atoms. The van der Waals surface area contributed by atoms with Gasteiger partial charge in [0.1, 0.15) is 0 Å². The Balaban J connectivity index is 0.00000162. The Morgan fingerprint density at radius 1 is 1.33 bits per heavy atom. The van der Waals surface area contributed by atoms with E-state index in [-0.39, 0.29) is 17.0 Å². The summed E-state index contributed by atoms with van der Waals surface area (Å²) in [5.41, 5.74) is 1.48. The van der Waals surface area contributed by atoms with Crippen LogP contribution in [-0.2, 0) is 11.3 Å². The second-order valence-electron chi connectivity index (χ2n) is 3.59. The molecule has 1 aromatic heterocycles. The highest BCUT2D eigenvalue weighted by Crippen LogP contribution is 1.98. The number of rotatable bonds is 3. The van der Waals surface area contributed by atoms with Crippen molar-refractivity contribution in [1.29, 1.82) is 0 Å². The van der Waals surface area contributed by atoms with Crippen LogP contribution in [0, 0.1) is 0 Å². The first-order valence-electron chi connectivity index (χ1n) is 5.27. The molecule has 94 valence electrons. The van der Waals surface area contributed by atoms with Crippen LogP contribution in [0.2, 0.25) is 0 Å². The van der Waals surface area contributed by atoms with Crippen molar-refractivity contribution < 1.29 is 31.1 Å². The number of nitrogens with zero attached hydrogens (tertiary/aromatic N) is 2. The number of ether oxygens (including phenoxy) is 1. The topological polar surface area (TPSA) is 43.1 Å². The number of esters is 1. The average Bonchev–Trinajstić information content (AvgIpc) is 2.39. The monoisotopic (exact) mass is 308 g/mol. The summed E-state index contributed by atoms with van der Waals surface area (Å²) in [6, 6.07) is 10.0. The SMILES string of the molecule is COC(=O)c1c[n+](Cc2ccccc2)ccn1.[Br-]. The third-order valence-corrected chi connectivity index (χ3v) is 2.36. The minimum Gasteiger partial charge on any atom is -1.00 e. The molecule has 0 saturated heterocycles. The number of hydrogen-bond donors (Lipinski definition) is 0. The Morgan fingerprint density at radius 3 is 2.72 bits per heavy atom. The number of hydrogen-bond acceptors (Lipinski definition) is 3. The highest BCUT2D eigenvalue weighted by Gasteiger charge is 2.12. The molecule has 0 saturated carbocycles. The van der Waals surface area contributed by atoms with Gasteiger partial charge in [-0.15, -0.1) is 0 Å². The van der Waals surface area contributed by atoms with E-state index in [1.54, 1.807) is 12.4 Å². The minimum absolute atomic E-state index is 0. The molecule has 0 bridgehead atoms. The largest absolute Gasteiger partial charge is 1.00 e. The van der Waals surface area contributed by atoms with Crippen molar-refractivity contribution in [2.45, 2.75) is 6.54 Å². The maximum Gasteiger partial charge on any atom is 0.362 e. The molecule has 0 spiro atoms. The Bertz CT molecular complexity index is 517. The Labute approximate surface area is 116 Å². The summed E-state index contributed by atoms with van der Waals surface area (Å²) in [5, 5.41) is 0. The Morgan fingerprint density at radius 2 is 2.06 bits per heavy atom. The summed E-state index contributed by atoms with van der Waals surface area (Å²) in [6.07, 6.45) is 5.09. The lowest BCUT2D eigenvalue weighted by molar-refractivity contribution is -0.689. The third-order valence-electron chi connectivity index (χ3n) is 2.36. The molecule has 0 N–H and O–H groups in total. The van der Waals surface area contributed by atoms with E-state index >= 15 is 0 Å². The lowest BCUT2D eigenvalue weighted by Crippen LogP contribution is -3.00. The van der Waals surface area contributed by atoms with Crippen molar-refractivity contribution in [3.8, 4) is 0 Å². The highest BCUT2D eigenvalue weighted by molar-refractivity contribution is 5.86. The molecule has 0 aliphatic rings. The Hall–Kier alpha value is -1.75. The van der Waals surface area contributed by atoms with Gasteiger partial charge in [0.05, 0.1) is 13.3 Å². The van der Waals surface area contributed by atoms with E-state index in [1.165, 1.54) is 12.7 Å². The fraction of sp³-hybridized carbons (Fsp3) is 0.154. The van der Waals surface area contributed by atoms with Gasteiger partial charge in [-0.3, -0.25) is 0 Å². The number of halogens is 1. The van der Waals surface area contributed by atoms with Gasteiger partial charge >= 0.3 is 5.97 Å². The molecule has 1 aromatic carbocycles. The predicted molar refractivity (Wildman–Crippen MR) is 61.3 cm³/mol. The molecule has 1 heterocycles. The van der Waals surface area contributed by atoms with Crippen LogP contribution < -0.4 is 21.5 Å². The van der Waals surface area contributed by atoms with Gasteiger partial charge in [-0.25, -0.2) is 9.78 Å². The lowest BCUT2D eigenvalue weighted by atomic mass is 10.2. The molecule has 0 aliphatic heterocycles. The van der Waals surface area contributed by atoms with Gasteiger partial charge in [-0.1, -0.05) is 30.3 Å². The zero-order valence-electron chi connectivity index (χ0n) is 9.91. The fourth-order valence-corrected chi connectivity index (χ4v) is 1.54. The Kier molecular flexibility index (Phi) is 5.45. The number of carbonyl (C=O) groups excluding carboxylic acids is 1. The summed E-state index contributed by atoms with van der Waals surface area (Å²) in [4.78, 5) is 15.3. The summed E-state index contributed by atoms with van der Waals surface area (Å²) < 4.78 is 6.52. The van der Waals surface area contributed by atoms with E-state index in [0.29, 0.717) is 12.2 Å². The summed E-state index contributed by atoms with van der Waals surface area (Å²) in [5.74, 6) is -0.424. The van der Waals surface area contributed by atoms with Gasteiger partial charge in [-0.05, 0) is 0 Å². The van der Waals surface area contributed by atoms with E-state index in [1.807, 2.05) is 41.1 Å². The normalized spacial score (nSPS) is 9.39. The second-order valence-corrected chi connectivity index (χ2v) is 3.59. The van der Waals surface area contributed by atoms with Gasteiger partial charge < -0.3 is 21.7 Å². The zero-order valence-corrected chi connectivity index (χ0v) is 11.5. The first kappa shape index (κ1) is 14.3. The molecular formula is C13H13BrN2O2. The van der Waals surface area contributed by atoms with Crippen LogP contribution in [0.15, 0.2) is 48.9 Å². The van der Waals surface area contributed by atoms with Gasteiger partial charge in [0.15, 0.2) is 12.7 Å². The van der Waals surface area contributed by atoms with E-state index in [9.17, 15) is 4.79 Å². The minimum atomic E-state index is -0.424. The molecule has 2 aromatic rings. The number of methoxy groups -OCH3 is 1. The summed E-state index contributed by atoms with van der Waals surface area (Å²) in [7, 11) is 1.35. The van der Waals surface area contributed by atoms with Gasteiger partial charge in [-0.2, -0.15) is 4.57 Å². The molecule has 0 fully saturated rings. The van der Waals surface area contributed by atoms with Crippen LogP contribution >= 0.6 is 0 Å². The van der Waals surface area contributed by atoms with Crippen molar-refractivity contribution in [2.24, 2.45) is 0 Å². The summed E-state index contributed by atoms with van der Waals surface area (Å²) in [6.45, 7) is 0.702. The van der Waals surface area contributed by atoms with E-state index in [4.69, 9.17) is 0 Å². The third kappa shape index (κ3) is 3.63. The van der Waals surface area contributed by atoms with Gasteiger partial charge in [0.2, 0.25) is 11.9 Å². The molecule has 0 aliphatic carbocycles. The second kappa shape index (κ2) is 6.86. The maximum absolute atomic E-state index is 11.3. The average molecular weight is 309 g/mol. The fourth-order valence-electron chi connectivity index (χ4n) is 1.54. The first-order chi connectivity index (χ1) is 8.29. The zero-order chi connectivity index (χ0) is 12.1. The van der Waals surface area contributed by atoms with E-state index in [0.717, 1.165) is 0 Å². The predicted octanol–water partition coefficient (Wildman–Crippen LogP) is -1.79. The van der Waals surface area contributed by atoms with Crippen molar-refractivity contribution in [3.63, 3.8) is 0 Å². The highest BCUT2D eigenvalue weighted by atomic mass is 79.9. The maximum atomic E-state index is 11.3. The standard InChI is InChI=1S/C13H13N2O2.BrH/c1-17-13(16)12-10-15(8-7-14-12)9-11-5-3-2-4-6-11;/h2-8,10H,9H2,1H3;1H/q+1;/p-1. The van der Waals surface area contributed by atoms with Crippen LogP contribution in [-0.4, -0.2) is 18.1 Å². The van der Waals surface area contributed by atoms with Crippen LogP contribution in [0.3, 0.4) is 0 Å². The molecule has 5 heteroatoms. The van der Waals surface area contributed by atoms with Crippen LogP contribution in [0.25, 0.3) is 0 Å². The molecule has 0 radical (unpaired) electrons. The van der Waals surface area contributed by atoms with E-state index in [2.05, 4.69) is 9.72 Å². The quantitative estimate of drug-likeness (QED) is 0.497. The van der Waals surface area contributed by atoms with Crippen LogP contribution in [0.4, 0.5) is 0 Å². The molecule has 0 amide bonds. The number of benzene rings is 1. The van der Waals surface area contributed by atoms with Crippen molar-refractivity contribution in [2.75, 3.05) is 7.11 Å². The molecule has 0 unspecified atom stereocenters. The van der Waals surface area contributed by atoms with Crippen LogP contribution in [0.5, 0.6) is 0 Å². The van der Waals surface area contributed by atoms with Crippen LogP contribution in [0.1, 0.15) is 16.1 Å². The number of aromatic nitrogens is 2. The van der Waals surface area contributed by atoms with Crippen molar-refractivity contribution in [3.05, 3.63) is 60.2 Å². The molecule has 0 atom stereocenters. The van der Waals surface area contributed by atoms with Crippen molar-refractivity contribution >= 4 is 5.97 Å².